The Balaban J connectivity index is 1.86. The van der Waals surface area contributed by atoms with E-state index in [-0.39, 0.29) is 17.7 Å². The molecular formula is C21H22N4O3. The molecule has 2 aromatic heterocycles. The van der Waals surface area contributed by atoms with Crippen LogP contribution in [0.15, 0.2) is 53.7 Å². The summed E-state index contributed by atoms with van der Waals surface area (Å²) in [4.78, 5) is 34.1. The molecule has 0 radical (unpaired) electrons. The van der Waals surface area contributed by atoms with E-state index < -0.39 is 5.91 Å². The SMILES string of the molecule is CCOc1cccc(NC(=O)c2c(C)ccn(Cc3cnc(C)cn3)c2=O)c1. The van der Waals surface area contributed by atoms with Crippen molar-refractivity contribution < 1.29 is 9.53 Å². The molecule has 1 aromatic carbocycles. The second-order valence-electron chi connectivity index (χ2n) is 6.37. The van der Waals surface area contributed by atoms with Gasteiger partial charge in [0.05, 0.1) is 30.7 Å². The van der Waals surface area contributed by atoms with Gasteiger partial charge in [-0.3, -0.25) is 19.6 Å². The largest absolute Gasteiger partial charge is 0.494 e. The zero-order chi connectivity index (χ0) is 20.1. The number of hydrogen-bond donors (Lipinski definition) is 1. The summed E-state index contributed by atoms with van der Waals surface area (Å²) in [5.41, 5.74) is 2.34. The van der Waals surface area contributed by atoms with Crippen molar-refractivity contribution >= 4 is 11.6 Å². The highest BCUT2D eigenvalue weighted by molar-refractivity contribution is 6.05. The number of nitrogens with zero attached hydrogens (tertiary/aromatic N) is 3. The third kappa shape index (κ3) is 4.43. The van der Waals surface area contributed by atoms with Crippen LogP contribution in [0.2, 0.25) is 0 Å². The third-order valence-electron chi connectivity index (χ3n) is 4.17. The zero-order valence-electron chi connectivity index (χ0n) is 16.1. The summed E-state index contributed by atoms with van der Waals surface area (Å²) in [6, 6.07) is 8.81. The third-order valence-corrected chi connectivity index (χ3v) is 4.17. The Hall–Kier alpha value is -3.48. The van der Waals surface area contributed by atoms with Crippen LogP contribution in [0.5, 0.6) is 5.75 Å². The van der Waals surface area contributed by atoms with E-state index in [4.69, 9.17) is 4.74 Å². The lowest BCUT2D eigenvalue weighted by molar-refractivity contribution is 0.102. The fourth-order valence-corrected chi connectivity index (χ4v) is 2.77. The van der Waals surface area contributed by atoms with Crippen LogP contribution in [0.3, 0.4) is 0 Å². The maximum atomic E-state index is 12.9. The van der Waals surface area contributed by atoms with E-state index in [0.717, 1.165) is 5.69 Å². The number of ether oxygens (including phenoxy) is 1. The zero-order valence-corrected chi connectivity index (χ0v) is 16.1. The van der Waals surface area contributed by atoms with Crippen LogP contribution in [0, 0.1) is 13.8 Å². The number of aryl methyl sites for hydroxylation is 2. The van der Waals surface area contributed by atoms with Gasteiger partial charge in [-0.05, 0) is 44.5 Å². The molecule has 3 aromatic rings. The van der Waals surface area contributed by atoms with Crippen molar-refractivity contribution in [3.05, 3.63) is 81.8 Å². The first-order chi connectivity index (χ1) is 13.5. The minimum Gasteiger partial charge on any atom is -0.494 e. The van der Waals surface area contributed by atoms with Crippen molar-refractivity contribution in [1.29, 1.82) is 0 Å². The van der Waals surface area contributed by atoms with E-state index in [9.17, 15) is 9.59 Å². The Morgan fingerprint density at radius 1 is 1.18 bits per heavy atom. The smallest absolute Gasteiger partial charge is 0.264 e. The van der Waals surface area contributed by atoms with Gasteiger partial charge in [-0.15, -0.1) is 0 Å². The summed E-state index contributed by atoms with van der Waals surface area (Å²) >= 11 is 0. The van der Waals surface area contributed by atoms with Gasteiger partial charge in [0.2, 0.25) is 0 Å². The van der Waals surface area contributed by atoms with Crippen LogP contribution in [0.1, 0.15) is 34.2 Å². The molecule has 28 heavy (non-hydrogen) atoms. The molecule has 0 aliphatic carbocycles. The molecule has 0 unspecified atom stereocenters. The van der Waals surface area contributed by atoms with Crippen molar-refractivity contribution in [2.75, 3.05) is 11.9 Å². The number of aromatic nitrogens is 3. The number of nitrogens with one attached hydrogen (secondary N) is 1. The molecule has 0 saturated heterocycles. The number of rotatable bonds is 6. The molecule has 0 spiro atoms. The Morgan fingerprint density at radius 3 is 2.71 bits per heavy atom. The molecule has 0 saturated carbocycles. The van der Waals surface area contributed by atoms with E-state index in [2.05, 4.69) is 15.3 Å². The molecular weight excluding hydrogens is 356 g/mol. The van der Waals surface area contributed by atoms with Crippen molar-refractivity contribution in [3.63, 3.8) is 0 Å². The number of pyridine rings is 1. The summed E-state index contributed by atoms with van der Waals surface area (Å²) in [7, 11) is 0. The number of anilines is 1. The lowest BCUT2D eigenvalue weighted by atomic mass is 10.1. The summed E-state index contributed by atoms with van der Waals surface area (Å²) in [6.45, 7) is 6.24. The molecule has 0 bridgehead atoms. The number of benzene rings is 1. The van der Waals surface area contributed by atoms with Crippen molar-refractivity contribution in [2.24, 2.45) is 0 Å². The summed E-state index contributed by atoms with van der Waals surface area (Å²) < 4.78 is 6.90. The first-order valence-electron chi connectivity index (χ1n) is 8.99. The summed E-state index contributed by atoms with van der Waals surface area (Å²) in [5.74, 6) is 0.195. The molecule has 2 heterocycles. The molecule has 0 fully saturated rings. The molecule has 144 valence electrons. The number of carbonyl (C=O) groups is 1. The second kappa shape index (κ2) is 8.47. The molecule has 0 atom stereocenters. The second-order valence-corrected chi connectivity index (χ2v) is 6.37. The molecule has 0 aliphatic rings. The topological polar surface area (TPSA) is 86.1 Å². The Bertz CT molecular complexity index is 1040. The fourth-order valence-electron chi connectivity index (χ4n) is 2.77. The van der Waals surface area contributed by atoms with Gasteiger partial charge in [-0.2, -0.15) is 0 Å². The number of carbonyl (C=O) groups excluding carboxylic acids is 1. The predicted molar refractivity (Wildman–Crippen MR) is 107 cm³/mol. The van der Waals surface area contributed by atoms with Gasteiger partial charge in [0.25, 0.3) is 11.5 Å². The molecule has 1 N–H and O–H groups in total. The lowest BCUT2D eigenvalue weighted by Gasteiger charge is -2.12. The van der Waals surface area contributed by atoms with E-state index in [1.165, 1.54) is 4.57 Å². The van der Waals surface area contributed by atoms with E-state index >= 15 is 0 Å². The molecule has 7 heteroatoms. The first-order valence-corrected chi connectivity index (χ1v) is 8.99. The molecule has 3 rings (SSSR count). The van der Waals surface area contributed by atoms with Gasteiger partial charge in [0, 0.05) is 24.1 Å². The van der Waals surface area contributed by atoms with Crippen molar-refractivity contribution in [3.8, 4) is 5.75 Å². The summed E-state index contributed by atoms with van der Waals surface area (Å²) in [5, 5.41) is 2.78. The maximum absolute atomic E-state index is 12.9. The monoisotopic (exact) mass is 378 g/mol. The first kappa shape index (κ1) is 19.3. The number of hydrogen-bond acceptors (Lipinski definition) is 5. The highest BCUT2D eigenvalue weighted by Gasteiger charge is 2.16. The highest BCUT2D eigenvalue weighted by atomic mass is 16.5. The minimum absolute atomic E-state index is 0.101. The average Bonchev–Trinajstić information content (AvgIpc) is 2.66. The van der Waals surface area contributed by atoms with Gasteiger partial charge in [0.15, 0.2) is 0 Å². The quantitative estimate of drug-likeness (QED) is 0.713. The minimum atomic E-state index is -0.458. The molecule has 7 nitrogen and oxygen atoms in total. The van der Waals surface area contributed by atoms with Crippen LogP contribution < -0.4 is 15.6 Å². The average molecular weight is 378 g/mol. The van der Waals surface area contributed by atoms with E-state index in [1.54, 1.807) is 49.8 Å². The Kier molecular flexibility index (Phi) is 5.84. The summed E-state index contributed by atoms with van der Waals surface area (Å²) in [6.07, 6.45) is 4.93. The molecule has 0 aliphatic heterocycles. The lowest BCUT2D eigenvalue weighted by Crippen LogP contribution is -2.30. The predicted octanol–water partition coefficient (Wildman–Crippen LogP) is 2.95. The highest BCUT2D eigenvalue weighted by Crippen LogP contribution is 2.18. The van der Waals surface area contributed by atoms with Crippen LogP contribution in [-0.2, 0) is 6.54 Å². The standard InChI is InChI=1S/C21H22N4O3/c1-4-28-18-7-5-6-16(10-18)24-20(26)19-14(2)8-9-25(21(19)27)13-17-12-22-15(3)11-23-17/h5-12H,4,13H2,1-3H3,(H,24,26). The fraction of sp³-hybridized carbons (Fsp3) is 0.238. The van der Waals surface area contributed by atoms with Gasteiger partial charge < -0.3 is 14.6 Å². The van der Waals surface area contributed by atoms with Crippen molar-refractivity contribution in [2.45, 2.75) is 27.3 Å². The van der Waals surface area contributed by atoms with Crippen LogP contribution in [-0.4, -0.2) is 27.0 Å². The van der Waals surface area contributed by atoms with E-state index in [0.29, 0.717) is 29.3 Å². The van der Waals surface area contributed by atoms with Crippen LogP contribution >= 0.6 is 0 Å². The van der Waals surface area contributed by atoms with Gasteiger partial charge >= 0.3 is 0 Å². The van der Waals surface area contributed by atoms with Crippen molar-refractivity contribution in [1.82, 2.24) is 14.5 Å². The van der Waals surface area contributed by atoms with E-state index in [1.807, 2.05) is 19.9 Å². The van der Waals surface area contributed by atoms with Gasteiger partial charge in [-0.1, -0.05) is 6.07 Å². The Labute approximate surface area is 163 Å². The Morgan fingerprint density at radius 2 is 2.00 bits per heavy atom. The molecule has 1 amide bonds. The van der Waals surface area contributed by atoms with Crippen LogP contribution in [0.4, 0.5) is 5.69 Å². The van der Waals surface area contributed by atoms with Gasteiger partial charge in [-0.25, -0.2) is 0 Å². The maximum Gasteiger partial charge on any atom is 0.264 e. The number of amides is 1. The normalized spacial score (nSPS) is 10.5. The van der Waals surface area contributed by atoms with Crippen LogP contribution in [0.25, 0.3) is 0 Å². The van der Waals surface area contributed by atoms with Gasteiger partial charge in [0.1, 0.15) is 11.3 Å².